The Bertz CT molecular complexity index is 1200. The number of phenols is 1. The quantitative estimate of drug-likeness (QED) is 0.383. The van der Waals surface area contributed by atoms with Crippen molar-refractivity contribution >= 4 is 11.9 Å². The highest BCUT2D eigenvalue weighted by molar-refractivity contribution is 5.83. The number of esters is 1. The lowest BCUT2D eigenvalue weighted by molar-refractivity contribution is -0.145. The lowest BCUT2D eigenvalue weighted by Gasteiger charge is -2.45. The monoisotopic (exact) mass is 514 g/mol. The number of nitrogens with zero attached hydrogens (tertiary/aromatic N) is 1. The van der Waals surface area contributed by atoms with Gasteiger partial charge in [0, 0.05) is 13.1 Å². The van der Waals surface area contributed by atoms with Gasteiger partial charge in [0.05, 0.1) is 5.92 Å². The molecule has 2 N–H and O–H groups in total. The Morgan fingerprint density at radius 1 is 1.03 bits per heavy atom. The molecule has 0 aromatic heterocycles. The third kappa shape index (κ3) is 7.23. The van der Waals surface area contributed by atoms with E-state index in [1.54, 1.807) is 6.07 Å². The summed E-state index contributed by atoms with van der Waals surface area (Å²) in [5.74, 6) is -0.253. The van der Waals surface area contributed by atoms with Crippen LogP contribution in [-0.4, -0.2) is 48.1 Å². The molecule has 1 aliphatic heterocycles. The first-order valence-electron chi connectivity index (χ1n) is 13.4. The first kappa shape index (κ1) is 27.4. The molecule has 3 atom stereocenters. The number of nitrogens with one attached hydrogen (secondary N) is 1. The van der Waals surface area contributed by atoms with Crippen LogP contribution in [0.25, 0.3) is 0 Å². The van der Waals surface area contributed by atoms with Gasteiger partial charge in [0.15, 0.2) is 0 Å². The fourth-order valence-electron chi connectivity index (χ4n) is 5.32. The van der Waals surface area contributed by atoms with Crippen molar-refractivity contribution in [3.05, 3.63) is 102 Å². The van der Waals surface area contributed by atoms with Crippen LogP contribution in [0.4, 0.5) is 0 Å². The maximum atomic E-state index is 13.3. The maximum absolute atomic E-state index is 13.3. The molecule has 1 saturated heterocycles. The van der Waals surface area contributed by atoms with Crippen molar-refractivity contribution in [3.63, 3.8) is 0 Å². The number of hydrogen-bond donors (Lipinski definition) is 2. The number of carbonyl (C=O) groups excluding carboxylic acids is 2. The molecule has 3 unspecified atom stereocenters. The molecule has 200 valence electrons. The van der Waals surface area contributed by atoms with Gasteiger partial charge in [0.2, 0.25) is 5.91 Å². The fraction of sp³-hybridized carbons (Fsp3) is 0.375. The molecule has 1 aliphatic rings. The molecule has 38 heavy (non-hydrogen) atoms. The number of carbonyl (C=O) groups is 2. The van der Waals surface area contributed by atoms with Crippen LogP contribution in [0.2, 0.25) is 0 Å². The number of piperidine rings is 1. The minimum Gasteiger partial charge on any atom is -0.508 e. The van der Waals surface area contributed by atoms with Crippen molar-refractivity contribution < 1.29 is 19.4 Å². The first-order valence-corrected chi connectivity index (χ1v) is 13.4. The summed E-state index contributed by atoms with van der Waals surface area (Å²) >= 11 is 0. The van der Waals surface area contributed by atoms with Gasteiger partial charge in [-0.25, -0.2) is 0 Å². The van der Waals surface area contributed by atoms with Gasteiger partial charge < -0.3 is 20.1 Å². The van der Waals surface area contributed by atoms with E-state index >= 15 is 0 Å². The van der Waals surface area contributed by atoms with E-state index in [0.29, 0.717) is 24.6 Å². The lowest BCUT2D eigenvalue weighted by atomic mass is 9.68. The molecule has 0 aliphatic carbocycles. The largest absolute Gasteiger partial charge is 0.508 e. The van der Waals surface area contributed by atoms with Crippen LogP contribution < -0.4 is 5.32 Å². The molecule has 1 heterocycles. The van der Waals surface area contributed by atoms with Crippen molar-refractivity contribution in [2.75, 3.05) is 26.2 Å². The van der Waals surface area contributed by atoms with Crippen LogP contribution in [0.1, 0.15) is 37.0 Å². The number of amides is 1. The number of ether oxygens (including phenoxy) is 1. The Kier molecular flexibility index (Phi) is 9.19. The number of rotatable bonds is 10. The molecular weight excluding hydrogens is 476 g/mol. The SMILES string of the molecule is CC1CN(CC(Cc2ccccc2)C(=O)NCC(=O)OCc2ccccc2)CCC1(C)c1cccc(O)c1. The summed E-state index contributed by atoms with van der Waals surface area (Å²) < 4.78 is 5.33. The summed E-state index contributed by atoms with van der Waals surface area (Å²) in [5.41, 5.74) is 3.10. The van der Waals surface area contributed by atoms with Crippen molar-refractivity contribution in [3.8, 4) is 5.75 Å². The van der Waals surface area contributed by atoms with E-state index in [9.17, 15) is 14.7 Å². The van der Waals surface area contributed by atoms with E-state index in [1.807, 2.05) is 72.8 Å². The highest BCUT2D eigenvalue weighted by Gasteiger charge is 2.39. The highest BCUT2D eigenvalue weighted by Crippen LogP contribution is 2.40. The second kappa shape index (κ2) is 12.7. The van der Waals surface area contributed by atoms with E-state index in [1.165, 1.54) is 0 Å². The van der Waals surface area contributed by atoms with Gasteiger partial charge in [-0.15, -0.1) is 0 Å². The molecule has 0 radical (unpaired) electrons. The van der Waals surface area contributed by atoms with Crippen LogP contribution >= 0.6 is 0 Å². The zero-order chi connectivity index (χ0) is 27.0. The molecule has 4 rings (SSSR count). The van der Waals surface area contributed by atoms with E-state index < -0.39 is 5.97 Å². The van der Waals surface area contributed by atoms with Crippen LogP contribution in [0.5, 0.6) is 5.75 Å². The van der Waals surface area contributed by atoms with E-state index in [4.69, 9.17) is 4.74 Å². The maximum Gasteiger partial charge on any atom is 0.325 e. The predicted molar refractivity (Wildman–Crippen MR) is 149 cm³/mol. The second-order valence-electron chi connectivity index (χ2n) is 10.6. The zero-order valence-electron chi connectivity index (χ0n) is 22.3. The van der Waals surface area contributed by atoms with Gasteiger partial charge in [0.1, 0.15) is 18.9 Å². The smallest absolute Gasteiger partial charge is 0.325 e. The number of hydrogen-bond acceptors (Lipinski definition) is 5. The van der Waals surface area contributed by atoms with Crippen LogP contribution in [0, 0.1) is 11.8 Å². The number of benzene rings is 3. The van der Waals surface area contributed by atoms with Gasteiger partial charge in [-0.1, -0.05) is 86.6 Å². The summed E-state index contributed by atoms with van der Waals surface area (Å²) in [6.07, 6.45) is 1.53. The molecular formula is C32H38N2O4. The Morgan fingerprint density at radius 3 is 2.37 bits per heavy atom. The molecule has 3 aromatic rings. The summed E-state index contributed by atoms with van der Waals surface area (Å²) in [6, 6.07) is 27.1. The Labute approximate surface area is 225 Å². The Morgan fingerprint density at radius 2 is 1.71 bits per heavy atom. The molecule has 3 aromatic carbocycles. The molecule has 0 spiro atoms. The van der Waals surface area contributed by atoms with Gasteiger partial charge in [-0.05, 0) is 59.5 Å². The third-order valence-electron chi connectivity index (χ3n) is 7.90. The topological polar surface area (TPSA) is 78.9 Å². The van der Waals surface area contributed by atoms with Crippen LogP contribution in [0.3, 0.4) is 0 Å². The van der Waals surface area contributed by atoms with Crippen molar-refractivity contribution in [1.29, 1.82) is 0 Å². The predicted octanol–water partition coefficient (Wildman–Crippen LogP) is 4.71. The average Bonchev–Trinajstić information content (AvgIpc) is 2.93. The number of phenolic OH excluding ortho intramolecular Hbond substituents is 1. The minimum absolute atomic E-state index is 0.0467. The van der Waals surface area contributed by atoms with E-state index in [-0.39, 0.29) is 30.4 Å². The zero-order valence-corrected chi connectivity index (χ0v) is 22.3. The van der Waals surface area contributed by atoms with Crippen LogP contribution in [-0.2, 0) is 32.8 Å². The molecule has 1 fully saturated rings. The van der Waals surface area contributed by atoms with Crippen molar-refractivity contribution in [2.45, 2.75) is 38.7 Å². The van der Waals surface area contributed by atoms with Gasteiger partial charge >= 0.3 is 5.97 Å². The number of aromatic hydroxyl groups is 1. The first-order chi connectivity index (χ1) is 18.3. The summed E-state index contributed by atoms with van der Waals surface area (Å²) in [4.78, 5) is 28.0. The summed E-state index contributed by atoms with van der Waals surface area (Å²) in [5, 5.41) is 12.8. The molecule has 1 amide bonds. The highest BCUT2D eigenvalue weighted by atomic mass is 16.5. The third-order valence-corrected chi connectivity index (χ3v) is 7.90. The average molecular weight is 515 g/mol. The van der Waals surface area contributed by atoms with Crippen molar-refractivity contribution in [2.24, 2.45) is 11.8 Å². The van der Waals surface area contributed by atoms with Gasteiger partial charge in [-0.2, -0.15) is 0 Å². The van der Waals surface area contributed by atoms with Crippen molar-refractivity contribution in [1.82, 2.24) is 10.2 Å². The molecule has 6 nitrogen and oxygen atoms in total. The minimum atomic E-state index is -0.450. The molecule has 0 bridgehead atoms. The lowest BCUT2D eigenvalue weighted by Crippen LogP contribution is -2.50. The summed E-state index contributed by atoms with van der Waals surface area (Å²) in [6.45, 7) is 6.86. The fourth-order valence-corrected chi connectivity index (χ4v) is 5.32. The van der Waals surface area contributed by atoms with E-state index in [2.05, 4.69) is 30.1 Å². The van der Waals surface area contributed by atoms with E-state index in [0.717, 1.165) is 36.2 Å². The molecule has 6 heteroatoms. The molecule has 0 saturated carbocycles. The van der Waals surface area contributed by atoms with Gasteiger partial charge in [0.25, 0.3) is 0 Å². The Balaban J connectivity index is 1.36. The van der Waals surface area contributed by atoms with Gasteiger partial charge in [-0.3, -0.25) is 9.59 Å². The second-order valence-corrected chi connectivity index (χ2v) is 10.6. The number of likely N-dealkylation sites (tertiary alicyclic amines) is 1. The van der Waals surface area contributed by atoms with Crippen LogP contribution in [0.15, 0.2) is 84.9 Å². The standard InChI is InChI=1S/C32H38N2O4/c1-24-21-34(17-16-32(24,2)28-14-9-15-29(35)19-28)22-27(18-25-10-5-3-6-11-25)31(37)33-20-30(36)38-23-26-12-7-4-8-13-26/h3-15,19,24,27,35H,16-18,20-23H2,1-2H3,(H,33,37). The normalized spacial score (nSPS) is 20.4. The summed E-state index contributed by atoms with van der Waals surface area (Å²) in [7, 11) is 0. The Hall–Kier alpha value is -3.64.